The molecular weight excluding hydrogens is 351 g/mol. The fourth-order valence-corrected chi connectivity index (χ4v) is 3.17. The van der Waals surface area contributed by atoms with E-state index in [0.29, 0.717) is 24.2 Å². The summed E-state index contributed by atoms with van der Waals surface area (Å²) in [6.07, 6.45) is -4.45. The number of aliphatic hydroxyl groups excluding tert-OH is 1. The van der Waals surface area contributed by atoms with Gasteiger partial charge in [0.15, 0.2) is 0 Å². The second kappa shape index (κ2) is 6.30. The lowest BCUT2D eigenvalue weighted by Gasteiger charge is -2.40. The summed E-state index contributed by atoms with van der Waals surface area (Å²) in [6.45, 7) is 6.71. The first kappa shape index (κ1) is 17.7. The van der Waals surface area contributed by atoms with E-state index in [4.69, 9.17) is 11.6 Å². The van der Waals surface area contributed by atoms with E-state index >= 15 is 0 Å². The maximum Gasteiger partial charge on any atom is 0.416 e. The molecule has 132 valence electrons. The maximum atomic E-state index is 13.0. The first-order valence-corrected chi connectivity index (χ1v) is 8.14. The molecular formula is C19H17ClF3NO. The Balaban J connectivity index is 1.96. The van der Waals surface area contributed by atoms with Gasteiger partial charge in [-0.2, -0.15) is 13.2 Å². The van der Waals surface area contributed by atoms with Crippen LogP contribution in [0.2, 0.25) is 5.02 Å². The molecule has 2 aromatic rings. The maximum absolute atomic E-state index is 13.0. The van der Waals surface area contributed by atoms with Gasteiger partial charge in [-0.15, -0.1) is 0 Å². The second-order valence-electron chi connectivity index (χ2n) is 6.38. The standard InChI is InChI=1S/C19H17ClF3NO/c1-11-3-13(7-18(4-11)24-9-15(10-24)12(2)25)14-5-16(19(21,22)23)8-17(20)6-14/h3-8,15,25H,2,9-10H2,1H3. The minimum Gasteiger partial charge on any atom is -0.513 e. The summed E-state index contributed by atoms with van der Waals surface area (Å²) >= 11 is 5.89. The summed E-state index contributed by atoms with van der Waals surface area (Å²) in [7, 11) is 0. The third kappa shape index (κ3) is 3.76. The first-order chi connectivity index (χ1) is 11.6. The van der Waals surface area contributed by atoms with Gasteiger partial charge in [0.2, 0.25) is 0 Å². The Morgan fingerprint density at radius 2 is 1.76 bits per heavy atom. The molecule has 2 aromatic carbocycles. The Hall–Kier alpha value is -2.14. The van der Waals surface area contributed by atoms with Crippen LogP contribution >= 0.6 is 11.6 Å². The Bertz CT molecular complexity index is 826. The number of aliphatic hydroxyl groups is 1. The van der Waals surface area contributed by atoms with Crippen molar-refractivity contribution in [3.8, 4) is 11.1 Å². The zero-order chi connectivity index (χ0) is 18.4. The van der Waals surface area contributed by atoms with E-state index in [2.05, 4.69) is 11.5 Å². The van der Waals surface area contributed by atoms with Crippen molar-refractivity contribution in [3.63, 3.8) is 0 Å². The normalized spacial score (nSPS) is 15.2. The molecule has 0 bridgehead atoms. The molecule has 1 fully saturated rings. The number of anilines is 1. The molecule has 1 aliphatic heterocycles. The number of aryl methyl sites for hydroxylation is 1. The highest BCUT2D eigenvalue weighted by atomic mass is 35.5. The molecule has 1 N–H and O–H groups in total. The van der Waals surface area contributed by atoms with Crippen LogP contribution in [0.25, 0.3) is 11.1 Å². The summed E-state index contributed by atoms with van der Waals surface area (Å²) in [5.41, 5.74) is 2.18. The van der Waals surface area contributed by atoms with E-state index in [9.17, 15) is 18.3 Å². The number of halogens is 4. The summed E-state index contributed by atoms with van der Waals surface area (Å²) in [6, 6.07) is 9.21. The molecule has 1 heterocycles. The molecule has 0 amide bonds. The van der Waals surface area contributed by atoms with Crippen molar-refractivity contribution >= 4 is 17.3 Å². The molecule has 0 radical (unpaired) electrons. The van der Waals surface area contributed by atoms with E-state index in [1.54, 1.807) is 0 Å². The first-order valence-electron chi connectivity index (χ1n) is 7.76. The fraction of sp³-hybridized carbons (Fsp3) is 0.263. The molecule has 1 aliphatic rings. The van der Waals surface area contributed by atoms with Crippen molar-refractivity contribution < 1.29 is 18.3 Å². The van der Waals surface area contributed by atoms with E-state index in [-0.39, 0.29) is 16.7 Å². The van der Waals surface area contributed by atoms with Gasteiger partial charge in [-0.3, -0.25) is 0 Å². The van der Waals surface area contributed by atoms with Crippen molar-refractivity contribution in [2.45, 2.75) is 13.1 Å². The largest absolute Gasteiger partial charge is 0.513 e. The van der Waals surface area contributed by atoms with E-state index in [0.717, 1.165) is 23.4 Å². The predicted octanol–water partition coefficient (Wildman–Crippen LogP) is 5.84. The molecule has 0 spiro atoms. The van der Waals surface area contributed by atoms with Gasteiger partial charge >= 0.3 is 6.18 Å². The van der Waals surface area contributed by atoms with Crippen molar-refractivity contribution in [2.75, 3.05) is 18.0 Å². The fourth-order valence-electron chi connectivity index (χ4n) is 2.93. The SMILES string of the molecule is C=C(O)C1CN(c2cc(C)cc(-c3cc(Cl)cc(C(F)(F)F)c3)c2)C1. The zero-order valence-corrected chi connectivity index (χ0v) is 14.3. The number of nitrogens with zero attached hydrogens (tertiary/aromatic N) is 1. The summed E-state index contributed by atoms with van der Waals surface area (Å²) in [5.74, 6) is 0.195. The summed E-state index contributed by atoms with van der Waals surface area (Å²) in [5, 5.41) is 9.47. The van der Waals surface area contributed by atoms with Gasteiger partial charge in [0.1, 0.15) is 0 Å². The third-order valence-electron chi connectivity index (χ3n) is 4.34. The van der Waals surface area contributed by atoms with Crippen molar-refractivity contribution in [1.82, 2.24) is 0 Å². The quantitative estimate of drug-likeness (QED) is 0.688. The number of hydrogen-bond donors (Lipinski definition) is 1. The third-order valence-corrected chi connectivity index (χ3v) is 4.56. The molecule has 0 atom stereocenters. The van der Waals surface area contributed by atoms with Crippen LogP contribution in [-0.2, 0) is 6.18 Å². The average Bonchev–Trinajstić information content (AvgIpc) is 2.43. The number of alkyl halides is 3. The van der Waals surface area contributed by atoms with Gasteiger partial charge in [0, 0.05) is 23.8 Å². The molecule has 0 saturated carbocycles. The highest BCUT2D eigenvalue weighted by Crippen LogP contribution is 2.37. The van der Waals surface area contributed by atoms with E-state index in [1.807, 2.05) is 25.1 Å². The van der Waals surface area contributed by atoms with Crippen LogP contribution in [0.15, 0.2) is 48.7 Å². The van der Waals surface area contributed by atoms with Gasteiger partial charge in [-0.25, -0.2) is 0 Å². The number of rotatable bonds is 3. The lowest BCUT2D eigenvalue weighted by molar-refractivity contribution is -0.137. The number of hydrogen-bond acceptors (Lipinski definition) is 2. The Labute approximate surface area is 149 Å². The van der Waals surface area contributed by atoms with Crippen LogP contribution in [0.3, 0.4) is 0 Å². The van der Waals surface area contributed by atoms with Crippen LogP contribution in [0.4, 0.5) is 18.9 Å². The van der Waals surface area contributed by atoms with E-state index < -0.39 is 11.7 Å². The highest BCUT2D eigenvalue weighted by Gasteiger charge is 2.32. The Kier molecular flexibility index (Phi) is 4.45. The van der Waals surface area contributed by atoms with Crippen LogP contribution in [0.5, 0.6) is 0 Å². The van der Waals surface area contributed by atoms with Crippen molar-refractivity contribution in [3.05, 3.63) is 64.9 Å². The zero-order valence-electron chi connectivity index (χ0n) is 13.6. The van der Waals surface area contributed by atoms with Crippen molar-refractivity contribution in [2.24, 2.45) is 5.92 Å². The summed E-state index contributed by atoms with van der Waals surface area (Å²) < 4.78 is 39.1. The molecule has 25 heavy (non-hydrogen) atoms. The molecule has 6 heteroatoms. The summed E-state index contributed by atoms with van der Waals surface area (Å²) in [4.78, 5) is 2.05. The van der Waals surface area contributed by atoms with Crippen LogP contribution in [-0.4, -0.2) is 18.2 Å². The van der Waals surface area contributed by atoms with E-state index in [1.165, 1.54) is 6.07 Å². The van der Waals surface area contributed by atoms with Gasteiger partial charge in [-0.1, -0.05) is 24.2 Å². The lowest BCUT2D eigenvalue weighted by atomic mass is 9.95. The molecule has 0 aliphatic carbocycles. The Morgan fingerprint density at radius 1 is 1.12 bits per heavy atom. The average molecular weight is 368 g/mol. The van der Waals surface area contributed by atoms with Crippen LogP contribution in [0.1, 0.15) is 11.1 Å². The molecule has 0 unspecified atom stereocenters. The second-order valence-corrected chi connectivity index (χ2v) is 6.81. The van der Waals surface area contributed by atoms with Crippen LogP contribution < -0.4 is 4.90 Å². The van der Waals surface area contributed by atoms with Gasteiger partial charge in [0.05, 0.1) is 17.2 Å². The molecule has 2 nitrogen and oxygen atoms in total. The van der Waals surface area contributed by atoms with Gasteiger partial charge in [0.25, 0.3) is 0 Å². The van der Waals surface area contributed by atoms with Gasteiger partial charge in [-0.05, 0) is 53.9 Å². The van der Waals surface area contributed by atoms with Crippen molar-refractivity contribution in [1.29, 1.82) is 0 Å². The monoisotopic (exact) mass is 367 g/mol. The van der Waals surface area contributed by atoms with Crippen LogP contribution in [0, 0.1) is 12.8 Å². The molecule has 3 rings (SSSR count). The minimum absolute atomic E-state index is 0.0342. The van der Waals surface area contributed by atoms with Gasteiger partial charge < -0.3 is 10.0 Å². The highest BCUT2D eigenvalue weighted by molar-refractivity contribution is 6.31. The minimum atomic E-state index is -4.45. The molecule has 1 saturated heterocycles. The molecule has 0 aromatic heterocycles. The smallest absolute Gasteiger partial charge is 0.416 e. The predicted molar refractivity (Wildman–Crippen MR) is 94.1 cm³/mol. The topological polar surface area (TPSA) is 23.5 Å². The lowest BCUT2D eigenvalue weighted by Crippen LogP contribution is -2.47. The number of benzene rings is 2. The Morgan fingerprint density at radius 3 is 2.36 bits per heavy atom.